The average molecular weight is 321 g/mol. The molecular formula is C15H17BrN2O. The highest BCUT2D eigenvalue weighted by molar-refractivity contribution is 9.09. The molecular weight excluding hydrogens is 304 g/mol. The quantitative estimate of drug-likeness (QED) is 0.877. The van der Waals surface area contributed by atoms with Gasteiger partial charge in [-0.2, -0.15) is 0 Å². The summed E-state index contributed by atoms with van der Waals surface area (Å²) in [5, 5.41) is 5.79. The van der Waals surface area contributed by atoms with Gasteiger partial charge in [0.25, 0.3) is 5.91 Å². The van der Waals surface area contributed by atoms with Crippen molar-refractivity contribution in [2.24, 2.45) is 5.92 Å². The van der Waals surface area contributed by atoms with Gasteiger partial charge in [0.2, 0.25) is 0 Å². The van der Waals surface area contributed by atoms with Crippen molar-refractivity contribution in [3.8, 4) is 0 Å². The minimum absolute atomic E-state index is 0.104. The van der Waals surface area contributed by atoms with Crippen LogP contribution in [0.25, 0.3) is 10.8 Å². The lowest BCUT2D eigenvalue weighted by Crippen LogP contribution is -2.38. The summed E-state index contributed by atoms with van der Waals surface area (Å²) in [5.41, 5.74) is 0.492. The molecule has 2 atom stereocenters. The van der Waals surface area contributed by atoms with Gasteiger partial charge in [-0.05, 0) is 24.3 Å². The fourth-order valence-electron chi connectivity index (χ4n) is 1.85. The van der Waals surface area contributed by atoms with Crippen LogP contribution in [0.4, 0.5) is 0 Å². The first-order valence-electron chi connectivity index (χ1n) is 6.34. The van der Waals surface area contributed by atoms with Gasteiger partial charge >= 0.3 is 0 Å². The van der Waals surface area contributed by atoms with E-state index in [0.29, 0.717) is 11.6 Å². The normalized spacial score (nSPS) is 14.1. The molecule has 0 aliphatic carbocycles. The highest BCUT2D eigenvalue weighted by Gasteiger charge is 2.17. The molecule has 1 aromatic heterocycles. The molecule has 100 valence electrons. The summed E-state index contributed by atoms with van der Waals surface area (Å²) in [5.74, 6) is 0.260. The summed E-state index contributed by atoms with van der Waals surface area (Å²) in [6.07, 6.45) is 1.68. The predicted octanol–water partition coefficient (Wildman–Crippen LogP) is 3.38. The first-order valence-corrected chi connectivity index (χ1v) is 7.46. The van der Waals surface area contributed by atoms with Crippen molar-refractivity contribution in [2.45, 2.75) is 19.9 Å². The highest BCUT2D eigenvalue weighted by Crippen LogP contribution is 2.16. The number of aromatic nitrogens is 1. The van der Waals surface area contributed by atoms with Gasteiger partial charge in [0.15, 0.2) is 0 Å². The smallest absolute Gasteiger partial charge is 0.270 e. The van der Waals surface area contributed by atoms with E-state index < -0.39 is 0 Å². The van der Waals surface area contributed by atoms with E-state index in [1.165, 1.54) is 0 Å². The van der Waals surface area contributed by atoms with Gasteiger partial charge in [-0.25, -0.2) is 0 Å². The number of fused-ring (bicyclic) bond motifs is 1. The first-order chi connectivity index (χ1) is 9.13. The summed E-state index contributed by atoms with van der Waals surface area (Å²) in [6.45, 7) is 4.10. The molecule has 3 nitrogen and oxygen atoms in total. The van der Waals surface area contributed by atoms with Crippen LogP contribution in [0.1, 0.15) is 24.3 Å². The number of carbonyl (C=O) groups is 1. The van der Waals surface area contributed by atoms with Gasteiger partial charge in [-0.1, -0.05) is 47.1 Å². The molecule has 2 unspecified atom stereocenters. The first kappa shape index (κ1) is 14.0. The zero-order chi connectivity index (χ0) is 13.8. The van der Waals surface area contributed by atoms with Crippen LogP contribution in [0.5, 0.6) is 0 Å². The van der Waals surface area contributed by atoms with Crippen molar-refractivity contribution in [2.75, 3.05) is 5.33 Å². The number of hydrogen-bond donors (Lipinski definition) is 1. The molecule has 1 N–H and O–H groups in total. The SMILES string of the molecule is CC(CBr)C(C)NC(=O)c1nccc2ccccc12. The van der Waals surface area contributed by atoms with Crippen molar-refractivity contribution in [1.82, 2.24) is 10.3 Å². The second kappa shape index (κ2) is 6.15. The minimum Gasteiger partial charge on any atom is -0.348 e. The molecule has 1 heterocycles. The number of nitrogens with one attached hydrogen (secondary N) is 1. The van der Waals surface area contributed by atoms with E-state index in [0.717, 1.165) is 16.1 Å². The maximum Gasteiger partial charge on any atom is 0.270 e. The number of benzene rings is 1. The van der Waals surface area contributed by atoms with Crippen LogP contribution < -0.4 is 5.32 Å². The van der Waals surface area contributed by atoms with E-state index in [9.17, 15) is 4.79 Å². The molecule has 1 amide bonds. The van der Waals surface area contributed by atoms with Crippen LogP contribution in [-0.2, 0) is 0 Å². The number of rotatable bonds is 4. The van der Waals surface area contributed by atoms with Gasteiger partial charge in [0.1, 0.15) is 5.69 Å². The Hall–Kier alpha value is -1.42. The molecule has 0 aliphatic rings. The second-order valence-electron chi connectivity index (χ2n) is 4.77. The van der Waals surface area contributed by atoms with Crippen LogP contribution in [0.15, 0.2) is 36.5 Å². The maximum atomic E-state index is 12.3. The standard InChI is InChI=1S/C15H17BrN2O/c1-10(9-16)11(2)18-15(19)14-13-6-4-3-5-12(13)7-8-17-14/h3-8,10-11H,9H2,1-2H3,(H,18,19). The topological polar surface area (TPSA) is 42.0 Å². The summed E-state index contributed by atoms with van der Waals surface area (Å²) >= 11 is 3.43. The van der Waals surface area contributed by atoms with E-state index in [4.69, 9.17) is 0 Å². The molecule has 0 aliphatic heterocycles. The number of pyridine rings is 1. The molecule has 2 aromatic rings. The van der Waals surface area contributed by atoms with Crippen molar-refractivity contribution in [3.05, 3.63) is 42.2 Å². The van der Waals surface area contributed by atoms with Crippen molar-refractivity contribution in [1.29, 1.82) is 0 Å². The van der Waals surface area contributed by atoms with Crippen LogP contribution in [0.2, 0.25) is 0 Å². The Morgan fingerprint density at radius 2 is 2.05 bits per heavy atom. The van der Waals surface area contributed by atoms with E-state index in [2.05, 4.69) is 33.2 Å². The molecule has 2 rings (SSSR count). The third-order valence-electron chi connectivity index (χ3n) is 3.34. The van der Waals surface area contributed by atoms with Gasteiger partial charge in [0, 0.05) is 23.0 Å². The average Bonchev–Trinajstić information content (AvgIpc) is 2.45. The molecule has 0 saturated heterocycles. The Bertz CT molecular complexity index is 580. The fraction of sp³-hybridized carbons (Fsp3) is 0.333. The summed E-state index contributed by atoms with van der Waals surface area (Å²) in [4.78, 5) is 16.5. The predicted molar refractivity (Wildman–Crippen MR) is 81.6 cm³/mol. The zero-order valence-electron chi connectivity index (χ0n) is 11.1. The monoisotopic (exact) mass is 320 g/mol. The van der Waals surface area contributed by atoms with E-state index >= 15 is 0 Å². The lowest BCUT2D eigenvalue weighted by molar-refractivity contribution is 0.0928. The Balaban J connectivity index is 2.27. The second-order valence-corrected chi connectivity index (χ2v) is 5.42. The molecule has 0 radical (unpaired) electrons. The van der Waals surface area contributed by atoms with Crippen LogP contribution in [-0.4, -0.2) is 22.3 Å². The maximum absolute atomic E-state index is 12.3. The number of hydrogen-bond acceptors (Lipinski definition) is 2. The molecule has 0 saturated carbocycles. The number of alkyl halides is 1. The van der Waals surface area contributed by atoms with Gasteiger partial charge in [0.05, 0.1) is 0 Å². The van der Waals surface area contributed by atoms with Gasteiger partial charge in [-0.3, -0.25) is 9.78 Å². The molecule has 0 fully saturated rings. The van der Waals surface area contributed by atoms with Crippen molar-refractivity contribution in [3.63, 3.8) is 0 Å². The Labute approximate surface area is 121 Å². The minimum atomic E-state index is -0.114. The molecule has 19 heavy (non-hydrogen) atoms. The Morgan fingerprint density at radius 1 is 1.32 bits per heavy atom. The molecule has 4 heteroatoms. The van der Waals surface area contributed by atoms with Gasteiger partial charge < -0.3 is 5.32 Å². The summed E-state index contributed by atoms with van der Waals surface area (Å²) in [7, 11) is 0. The van der Waals surface area contributed by atoms with Crippen LogP contribution >= 0.6 is 15.9 Å². The number of carbonyl (C=O) groups excluding carboxylic acids is 1. The lowest BCUT2D eigenvalue weighted by atomic mass is 10.1. The zero-order valence-corrected chi connectivity index (χ0v) is 12.6. The number of amides is 1. The third kappa shape index (κ3) is 3.13. The summed E-state index contributed by atoms with van der Waals surface area (Å²) in [6, 6.07) is 9.81. The van der Waals surface area contributed by atoms with E-state index in [1.807, 2.05) is 37.3 Å². The molecule has 1 aromatic carbocycles. The molecule has 0 spiro atoms. The number of nitrogens with zero attached hydrogens (tertiary/aromatic N) is 1. The third-order valence-corrected chi connectivity index (χ3v) is 4.37. The largest absolute Gasteiger partial charge is 0.348 e. The Kier molecular flexibility index (Phi) is 4.53. The Morgan fingerprint density at radius 3 is 2.79 bits per heavy atom. The number of halogens is 1. The van der Waals surface area contributed by atoms with Crippen LogP contribution in [0.3, 0.4) is 0 Å². The summed E-state index contributed by atoms with van der Waals surface area (Å²) < 4.78 is 0. The van der Waals surface area contributed by atoms with Crippen molar-refractivity contribution < 1.29 is 4.79 Å². The fourth-order valence-corrected chi connectivity index (χ4v) is 2.41. The highest BCUT2D eigenvalue weighted by atomic mass is 79.9. The molecule has 0 bridgehead atoms. The van der Waals surface area contributed by atoms with E-state index in [1.54, 1.807) is 6.20 Å². The van der Waals surface area contributed by atoms with Gasteiger partial charge in [-0.15, -0.1) is 0 Å². The van der Waals surface area contributed by atoms with E-state index in [-0.39, 0.29) is 11.9 Å². The van der Waals surface area contributed by atoms with Crippen molar-refractivity contribution >= 4 is 32.6 Å². The van der Waals surface area contributed by atoms with Crippen LogP contribution in [0, 0.1) is 5.92 Å². The lowest BCUT2D eigenvalue weighted by Gasteiger charge is -2.19.